The Morgan fingerprint density at radius 1 is 0.321 bits per heavy atom. The van der Waals surface area contributed by atoms with Crippen molar-refractivity contribution in [2.24, 2.45) is 0 Å². The molecule has 2 atom stereocenters. The molecule has 3 N–H and O–H groups in total. The second-order valence-corrected chi connectivity index (χ2v) is 23.6. The van der Waals surface area contributed by atoms with E-state index in [1.807, 2.05) is 6.08 Å². The van der Waals surface area contributed by atoms with E-state index >= 15 is 0 Å². The fourth-order valence-corrected chi connectivity index (χ4v) is 10.6. The highest BCUT2D eigenvalue weighted by molar-refractivity contribution is 5.76. The maximum absolute atomic E-state index is 12.5. The van der Waals surface area contributed by atoms with Crippen LogP contribution in [0.3, 0.4) is 0 Å². The van der Waals surface area contributed by atoms with Crippen molar-refractivity contribution >= 4 is 5.91 Å². The molecule has 1 amide bonds. The first-order valence-electron chi connectivity index (χ1n) is 34.8. The number of amides is 1. The van der Waals surface area contributed by atoms with Crippen LogP contribution in [0.2, 0.25) is 0 Å². The van der Waals surface area contributed by atoms with Gasteiger partial charge in [0.25, 0.3) is 0 Å². The highest BCUT2D eigenvalue weighted by Gasteiger charge is 2.18. The van der Waals surface area contributed by atoms with E-state index in [1.165, 1.54) is 276 Å². The Kier molecular flexibility index (Phi) is 66.7. The van der Waals surface area contributed by atoms with Crippen molar-refractivity contribution in [1.29, 1.82) is 0 Å². The molecule has 454 valence electrons. The molecule has 0 aliphatic heterocycles. The zero-order chi connectivity index (χ0) is 56.2. The van der Waals surface area contributed by atoms with E-state index in [4.69, 9.17) is 0 Å². The Labute approximate surface area is 488 Å². The van der Waals surface area contributed by atoms with Gasteiger partial charge in [0.2, 0.25) is 5.91 Å². The van der Waals surface area contributed by atoms with Crippen LogP contribution in [0, 0.1) is 0 Å². The van der Waals surface area contributed by atoms with Gasteiger partial charge >= 0.3 is 0 Å². The highest BCUT2D eigenvalue weighted by atomic mass is 16.3. The van der Waals surface area contributed by atoms with Crippen molar-refractivity contribution in [1.82, 2.24) is 5.32 Å². The SMILES string of the molecule is CC/C=C\C/C=C\C/C=C\C/C=C\C/C=C\CCCCCCCCCCCCCCCCCCCCCC(=O)NC(CO)C(O)/C=C/CC/C=C/CCCCCCCCCCCCCCCCCCCCCCCCCCC. The van der Waals surface area contributed by atoms with Crippen molar-refractivity contribution in [3.63, 3.8) is 0 Å². The molecule has 0 bridgehead atoms. The van der Waals surface area contributed by atoms with E-state index in [9.17, 15) is 15.0 Å². The number of aliphatic hydroxyl groups is 2. The minimum Gasteiger partial charge on any atom is -0.394 e. The predicted octanol–water partition coefficient (Wildman–Crippen LogP) is 23.8. The fourth-order valence-electron chi connectivity index (χ4n) is 10.6. The van der Waals surface area contributed by atoms with Crippen LogP contribution in [0.5, 0.6) is 0 Å². The van der Waals surface area contributed by atoms with Crippen LogP contribution in [-0.4, -0.2) is 34.9 Å². The fraction of sp³-hybridized carbons (Fsp3) is 0.797. The minimum absolute atomic E-state index is 0.0697. The number of carbonyl (C=O) groups excluding carboxylic acids is 1. The number of allylic oxidation sites excluding steroid dienone is 13. The number of rotatable bonds is 64. The third kappa shape index (κ3) is 64.4. The number of unbranched alkanes of at least 4 members (excludes halogenated alkanes) is 45. The lowest BCUT2D eigenvalue weighted by Gasteiger charge is -2.19. The Morgan fingerprint density at radius 3 is 0.897 bits per heavy atom. The number of hydrogen-bond donors (Lipinski definition) is 3. The third-order valence-corrected chi connectivity index (χ3v) is 15.9. The lowest BCUT2D eigenvalue weighted by atomic mass is 10.0. The second-order valence-electron chi connectivity index (χ2n) is 23.6. The topological polar surface area (TPSA) is 69.6 Å². The molecule has 0 heterocycles. The van der Waals surface area contributed by atoms with E-state index < -0.39 is 12.1 Å². The summed E-state index contributed by atoms with van der Waals surface area (Å²) in [5.41, 5.74) is 0. The Bertz CT molecular complexity index is 1370. The lowest BCUT2D eigenvalue weighted by Crippen LogP contribution is -2.45. The predicted molar refractivity (Wildman–Crippen MR) is 350 cm³/mol. The molecule has 0 radical (unpaired) electrons. The van der Waals surface area contributed by atoms with Gasteiger partial charge in [0.15, 0.2) is 0 Å². The van der Waals surface area contributed by atoms with Gasteiger partial charge in [-0.15, -0.1) is 0 Å². The van der Waals surface area contributed by atoms with Gasteiger partial charge in [-0.25, -0.2) is 0 Å². The molecule has 0 aromatic carbocycles. The number of aliphatic hydroxyl groups excluding tert-OH is 2. The molecule has 4 heteroatoms. The van der Waals surface area contributed by atoms with Gasteiger partial charge in [0, 0.05) is 6.42 Å². The van der Waals surface area contributed by atoms with E-state index in [-0.39, 0.29) is 12.5 Å². The summed E-state index contributed by atoms with van der Waals surface area (Å²) in [6.45, 7) is 4.22. The van der Waals surface area contributed by atoms with E-state index in [0.717, 1.165) is 64.2 Å². The van der Waals surface area contributed by atoms with Crippen LogP contribution >= 0.6 is 0 Å². The maximum atomic E-state index is 12.5. The summed E-state index contributed by atoms with van der Waals surface area (Å²) in [5, 5.41) is 23.3. The molecular weight excluding hydrogens is 951 g/mol. The molecular formula is C74H135NO3. The quantitative estimate of drug-likeness (QED) is 0.0420. The van der Waals surface area contributed by atoms with E-state index in [0.29, 0.717) is 6.42 Å². The van der Waals surface area contributed by atoms with Crippen LogP contribution in [0.15, 0.2) is 85.1 Å². The van der Waals surface area contributed by atoms with Gasteiger partial charge in [0.1, 0.15) is 0 Å². The lowest BCUT2D eigenvalue weighted by molar-refractivity contribution is -0.123. The van der Waals surface area contributed by atoms with Crippen molar-refractivity contribution in [3.05, 3.63) is 85.1 Å². The first kappa shape index (κ1) is 75.6. The smallest absolute Gasteiger partial charge is 0.220 e. The summed E-state index contributed by atoms with van der Waals surface area (Å²) in [4.78, 5) is 12.5. The van der Waals surface area contributed by atoms with Crippen LogP contribution in [0.25, 0.3) is 0 Å². The zero-order valence-corrected chi connectivity index (χ0v) is 52.4. The number of carbonyl (C=O) groups is 1. The van der Waals surface area contributed by atoms with E-state index in [1.54, 1.807) is 6.08 Å². The maximum Gasteiger partial charge on any atom is 0.220 e. The summed E-state index contributed by atoms with van der Waals surface area (Å²) in [6.07, 6.45) is 101. The largest absolute Gasteiger partial charge is 0.394 e. The average molecular weight is 1090 g/mol. The molecule has 78 heavy (non-hydrogen) atoms. The summed E-state index contributed by atoms with van der Waals surface area (Å²) in [6, 6.07) is -0.643. The Morgan fingerprint density at radius 2 is 0.577 bits per heavy atom. The first-order valence-corrected chi connectivity index (χ1v) is 34.8. The molecule has 0 rings (SSSR count). The molecule has 0 saturated heterocycles. The van der Waals surface area contributed by atoms with Gasteiger partial charge in [-0.05, 0) is 77.0 Å². The zero-order valence-electron chi connectivity index (χ0n) is 52.4. The standard InChI is InChI=1S/C74H135NO3/c1-3-5-7-9-11-13-15-17-19-21-23-25-27-29-31-33-35-36-37-38-40-42-44-46-48-50-52-54-56-58-60-62-64-66-68-70-74(78)75-72(71-76)73(77)69-67-65-63-61-59-57-55-53-51-49-47-45-43-41-39-34-32-30-28-26-24-22-20-18-16-14-12-10-8-6-4-2/h5,7,11,13,17,19,23,25,29,31,59,61,67,69,72-73,76-77H,3-4,6,8-10,12,14-16,18,20-22,24,26-28,30,32-58,60,62-66,68,70-71H2,1-2H3,(H,75,78)/b7-5-,13-11-,19-17-,25-23-,31-29-,61-59+,69-67+. The van der Waals surface area contributed by atoms with Crippen molar-refractivity contribution in [2.75, 3.05) is 6.61 Å². The minimum atomic E-state index is -0.867. The average Bonchev–Trinajstić information content (AvgIpc) is 3.44. The van der Waals surface area contributed by atoms with Gasteiger partial charge < -0.3 is 15.5 Å². The van der Waals surface area contributed by atoms with Crippen LogP contribution in [-0.2, 0) is 4.79 Å². The molecule has 0 spiro atoms. The summed E-state index contributed by atoms with van der Waals surface area (Å²) in [7, 11) is 0. The van der Waals surface area contributed by atoms with Gasteiger partial charge in [-0.2, -0.15) is 0 Å². The normalized spacial score (nSPS) is 13.2. The van der Waals surface area contributed by atoms with Crippen molar-refractivity contribution < 1.29 is 15.0 Å². The van der Waals surface area contributed by atoms with Gasteiger partial charge in [-0.1, -0.05) is 362 Å². The number of hydrogen-bond acceptors (Lipinski definition) is 3. The summed E-state index contributed by atoms with van der Waals surface area (Å²) >= 11 is 0. The monoisotopic (exact) mass is 1090 g/mol. The Hall–Kier alpha value is -2.43. The molecule has 0 saturated carbocycles. The van der Waals surface area contributed by atoms with Crippen molar-refractivity contribution in [3.8, 4) is 0 Å². The highest BCUT2D eigenvalue weighted by Crippen LogP contribution is 2.18. The molecule has 0 aliphatic carbocycles. The molecule has 0 fully saturated rings. The molecule has 0 aromatic heterocycles. The summed E-state index contributed by atoms with van der Waals surface area (Å²) in [5.74, 6) is -0.0697. The van der Waals surface area contributed by atoms with Gasteiger partial charge in [0.05, 0.1) is 18.8 Å². The third-order valence-electron chi connectivity index (χ3n) is 15.9. The van der Waals surface area contributed by atoms with E-state index in [2.05, 4.69) is 92.1 Å². The molecule has 0 aliphatic rings. The van der Waals surface area contributed by atoms with Gasteiger partial charge in [-0.3, -0.25) is 4.79 Å². The van der Waals surface area contributed by atoms with Crippen molar-refractivity contribution in [2.45, 2.75) is 373 Å². The number of nitrogens with one attached hydrogen (secondary N) is 1. The second kappa shape index (κ2) is 68.8. The molecule has 4 nitrogen and oxygen atoms in total. The molecule has 2 unspecified atom stereocenters. The summed E-state index contributed by atoms with van der Waals surface area (Å²) < 4.78 is 0. The molecule has 0 aromatic rings. The first-order chi connectivity index (χ1) is 38.7. The van der Waals surface area contributed by atoms with Crippen LogP contribution in [0.1, 0.15) is 361 Å². The Balaban J connectivity index is 3.48. The van der Waals surface area contributed by atoms with Crippen LogP contribution in [0.4, 0.5) is 0 Å². The van der Waals surface area contributed by atoms with Crippen LogP contribution < -0.4 is 5.32 Å².